The third-order valence-electron chi connectivity index (χ3n) is 5.87. The Morgan fingerprint density at radius 1 is 1.00 bits per heavy atom. The van der Waals surface area contributed by atoms with Crippen LogP contribution in [0.2, 0.25) is 0 Å². The summed E-state index contributed by atoms with van der Waals surface area (Å²) in [5.74, 6) is -0.906. The third kappa shape index (κ3) is 5.97. The van der Waals surface area contributed by atoms with Crippen LogP contribution in [-0.4, -0.2) is 24.7 Å². The average molecular weight is 457 g/mol. The van der Waals surface area contributed by atoms with Gasteiger partial charge in [0.1, 0.15) is 5.82 Å². The average Bonchev–Trinajstić information content (AvgIpc) is 2.86. The van der Waals surface area contributed by atoms with Crippen LogP contribution in [0.1, 0.15) is 30.5 Å². The lowest BCUT2D eigenvalue weighted by molar-refractivity contribution is -0.118. The van der Waals surface area contributed by atoms with E-state index in [-0.39, 0.29) is 17.9 Å². The Kier molecular flexibility index (Phi) is 7.83. The van der Waals surface area contributed by atoms with Gasteiger partial charge in [-0.05, 0) is 42.7 Å². The fourth-order valence-electron chi connectivity index (χ4n) is 4.02. The van der Waals surface area contributed by atoms with Crippen molar-refractivity contribution in [3.63, 3.8) is 0 Å². The Morgan fingerprint density at radius 2 is 1.68 bits per heavy atom. The Hall–Kier alpha value is -3.77. The maximum atomic E-state index is 14.7. The lowest BCUT2D eigenvalue weighted by Crippen LogP contribution is -2.29. The van der Waals surface area contributed by atoms with Crippen LogP contribution in [0.5, 0.6) is 0 Å². The van der Waals surface area contributed by atoms with Crippen LogP contribution in [0.15, 0.2) is 96.1 Å². The van der Waals surface area contributed by atoms with E-state index in [2.05, 4.69) is 45.2 Å². The number of carbonyl (C=O) groups is 1. The quantitative estimate of drug-likeness (QED) is 0.370. The first-order valence-electron chi connectivity index (χ1n) is 11.5. The molecule has 1 unspecified atom stereocenters. The Labute approximate surface area is 199 Å². The van der Waals surface area contributed by atoms with Gasteiger partial charge in [0.15, 0.2) is 0 Å². The number of hydrogen-bond donors (Lipinski definition) is 3. The van der Waals surface area contributed by atoms with Gasteiger partial charge in [0.2, 0.25) is 5.91 Å². The maximum absolute atomic E-state index is 14.7. The zero-order valence-corrected chi connectivity index (χ0v) is 19.2. The summed E-state index contributed by atoms with van der Waals surface area (Å²) in [6.07, 6.45) is 4.16. The monoisotopic (exact) mass is 456 g/mol. The number of carbonyl (C=O) groups excluding carboxylic acids is 1. The zero-order chi connectivity index (χ0) is 23.8. The first-order valence-corrected chi connectivity index (χ1v) is 11.5. The molecule has 1 amide bonds. The van der Waals surface area contributed by atoms with Crippen molar-refractivity contribution in [2.24, 2.45) is 10.9 Å². The molecule has 0 aliphatic carbocycles. The van der Waals surface area contributed by atoms with E-state index in [1.807, 2.05) is 49.4 Å². The summed E-state index contributed by atoms with van der Waals surface area (Å²) in [4.78, 5) is 16.7. The molecule has 3 N–H and O–H groups in total. The summed E-state index contributed by atoms with van der Waals surface area (Å²) in [6.45, 7) is 3.01. The van der Waals surface area contributed by atoms with Crippen molar-refractivity contribution >= 4 is 23.0 Å². The van der Waals surface area contributed by atoms with E-state index >= 15 is 0 Å². The summed E-state index contributed by atoms with van der Waals surface area (Å²) in [6, 6.07) is 25.3. The van der Waals surface area contributed by atoms with E-state index in [4.69, 9.17) is 0 Å². The molecule has 0 bridgehead atoms. The molecule has 1 aliphatic heterocycles. The van der Waals surface area contributed by atoms with Crippen LogP contribution in [0, 0.1) is 11.7 Å². The Morgan fingerprint density at radius 3 is 2.29 bits per heavy atom. The topological polar surface area (TPSA) is 65.5 Å². The SMILES string of the molecule is CC1=NC=CCC1C(=O)Nc1ccc(NCCNC(c2ccccc2)c2ccccc2)c(F)c1. The summed E-state index contributed by atoms with van der Waals surface area (Å²) >= 11 is 0. The van der Waals surface area contributed by atoms with Gasteiger partial charge in [-0.15, -0.1) is 0 Å². The number of allylic oxidation sites excluding steroid dienone is 1. The highest BCUT2D eigenvalue weighted by Crippen LogP contribution is 2.23. The van der Waals surface area contributed by atoms with Gasteiger partial charge in [0, 0.05) is 30.7 Å². The second-order valence-corrected chi connectivity index (χ2v) is 8.26. The molecule has 174 valence electrons. The molecule has 1 heterocycles. The van der Waals surface area contributed by atoms with Gasteiger partial charge in [-0.25, -0.2) is 4.39 Å². The van der Waals surface area contributed by atoms with Gasteiger partial charge in [-0.2, -0.15) is 0 Å². The fraction of sp³-hybridized carbons (Fsp3) is 0.214. The molecule has 5 nitrogen and oxygen atoms in total. The zero-order valence-electron chi connectivity index (χ0n) is 19.2. The number of nitrogens with zero attached hydrogens (tertiary/aromatic N) is 1. The number of aliphatic imine (C=N–C) groups is 1. The number of anilines is 2. The second kappa shape index (κ2) is 11.4. The lowest BCUT2D eigenvalue weighted by atomic mass is 9.97. The molecule has 0 fully saturated rings. The minimum Gasteiger partial charge on any atom is -0.381 e. The predicted molar refractivity (Wildman–Crippen MR) is 137 cm³/mol. The third-order valence-corrected chi connectivity index (χ3v) is 5.87. The Bertz CT molecular complexity index is 1120. The highest BCUT2D eigenvalue weighted by atomic mass is 19.1. The van der Waals surface area contributed by atoms with Gasteiger partial charge in [-0.3, -0.25) is 9.79 Å². The first kappa shape index (κ1) is 23.4. The largest absolute Gasteiger partial charge is 0.381 e. The summed E-state index contributed by atoms with van der Waals surface area (Å²) in [5, 5.41) is 9.50. The van der Waals surface area contributed by atoms with Crippen molar-refractivity contribution in [2.45, 2.75) is 19.4 Å². The van der Waals surface area contributed by atoms with Crippen LogP contribution < -0.4 is 16.0 Å². The van der Waals surface area contributed by atoms with E-state index in [0.29, 0.717) is 30.9 Å². The van der Waals surface area contributed by atoms with Crippen molar-refractivity contribution in [1.82, 2.24) is 5.32 Å². The molecule has 3 aromatic carbocycles. The Balaban J connectivity index is 1.32. The van der Waals surface area contributed by atoms with Gasteiger partial charge < -0.3 is 16.0 Å². The summed E-state index contributed by atoms with van der Waals surface area (Å²) in [7, 11) is 0. The van der Waals surface area contributed by atoms with Crippen molar-refractivity contribution in [1.29, 1.82) is 0 Å². The number of halogens is 1. The fourth-order valence-corrected chi connectivity index (χ4v) is 4.02. The molecule has 1 atom stereocenters. The van der Waals surface area contributed by atoms with E-state index in [1.165, 1.54) is 17.2 Å². The standard InChI is InChI=1S/C28H29FN4O/c1-20-24(13-8-16-30-20)28(34)33-23-14-15-26(25(29)19-23)31-17-18-32-27(21-9-4-2-5-10-21)22-11-6-3-7-12-22/h2-12,14-16,19,24,27,31-32H,13,17-18H2,1H3,(H,33,34). The maximum Gasteiger partial charge on any atom is 0.233 e. The highest BCUT2D eigenvalue weighted by molar-refractivity contribution is 6.09. The summed E-state index contributed by atoms with van der Waals surface area (Å²) < 4.78 is 14.7. The number of rotatable bonds is 9. The van der Waals surface area contributed by atoms with E-state index in [0.717, 1.165) is 5.71 Å². The van der Waals surface area contributed by atoms with Gasteiger partial charge >= 0.3 is 0 Å². The molecule has 3 aromatic rings. The van der Waals surface area contributed by atoms with Crippen molar-refractivity contribution in [3.8, 4) is 0 Å². The minimum atomic E-state index is -0.408. The van der Waals surface area contributed by atoms with E-state index < -0.39 is 5.82 Å². The molecule has 0 aromatic heterocycles. The molecule has 0 spiro atoms. The van der Waals surface area contributed by atoms with Gasteiger partial charge in [0.25, 0.3) is 0 Å². The lowest BCUT2D eigenvalue weighted by Gasteiger charge is -2.20. The predicted octanol–water partition coefficient (Wildman–Crippen LogP) is 5.55. The molecule has 0 saturated heterocycles. The van der Waals surface area contributed by atoms with Crippen molar-refractivity contribution in [2.75, 3.05) is 23.7 Å². The molecule has 4 rings (SSSR count). The van der Waals surface area contributed by atoms with Crippen LogP contribution in [0.3, 0.4) is 0 Å². The number of nitrogens with one attached hydrogen (secondary N) is 3. The smallest absolute Gasteiger partial charge is 0.233 e. The van der Waals surface area contributed by atoms with Crippen molar-refractivity contribution in [3.05, 3.63) is 108 Å². The highest BCUT2D eigenvalue weighted by Gasteiger charge is 2.22. The minimum absolute atomic E-state index is 0.0493. The van der Waals surface area contributed by atoms with E-state index in [9.17, 15) is 9.18 Å². The number of amides is 1. The molecular formula is C28H29FN4O. The summed E-state index contributed by atoms with van der Waals surface area (Å²) in [5.41, 5.74) is 3.94. The van der Waals surface area contributed by atoms with Gasteiger partial charge in [0.05, 0.1) is 17.6 Å². The molecule has 34 heavy (non-hydrogen) atoms. The number of benzene rings is 3. The molecule has 0 saturated carbocycles. The van der Waals surface area contributed by atoms with E-state index in [1.54, 1.807) is 18.3 Å². The molecule has 1 aliphatic rings. The van der Waals surface area contributed by atoms with Gasteiger partial charge in [-0.1, -0.05) is 66.7 Å². The van der Waals surface area contributed by atoms with Crippen LogP contribution in [-0.2, 0) is 4.79 Å². The van der Waals surface area contributed by atoms with Crippen LogP contribution in [0.4, 0.5) is 15.8 Å². The molecule has 6 heteroatoms. The second-order valence-electron chi connectivity index (χ2n) is 8.26. The normalized spacial score (nSPS) is 15.1. The van der Waals surface area contributed by atoms with Crippen LogP contribution >= 0.6 is 0 Å². The van der Waals surface area contributed by atoms with Crippen molar-refractivity contribution < 1.29 is 9.18 Å². The number of hydrogen-bond acceptors (Lipinski definition) is 4. The first-order chi connectivity index (χ1) is 16.6. The van der Waals surface area contributed by atoms with Crippen LogP contribution in [0.25, 0.3) is 0 Å². The molecular weight excluding hydrogens is 427 g/mol. The molecule has 0 radical (unpaired) electrons.